The lowest BCUT2D eigenvalue weighted by atomic mass is 10.2. The smallest absolute Gasteiger partial charge is 0.140 e. The topological polar surface area (TPSA) is 50.9 Å². The highest BCUT2D eigenvalue weighted by molar-refractivity contribution is 7.98. The van der Waals surface area contributed by atoms with Gasteiger partial charge in [-0.2, -0.15) is 0 Å². The Morgan fingerprint density at radius 1 is 1.29 bits per heavy atom. The van der Waals surface area contributed by atoms with Gasteiger partial charge in [-0.05, 0) is 23.8 Å². The van der Waals surface area contributed by atoms with Crippen LogP contribution in [0.25, 0.3) is 0 Å². The lowest BCUT2D eigenvalue weighted by molar-refractivity contribution is 1.19. The molecule has 0 aliphatic rings. The molecule has 0 aliphatic carbocycles. The predicted molar refractivity (Wildman–Crippen MR) is 73.1 cm³/mol. The molecule has 88 valence electrons. The van der Waals surface area contributed by atoms with Crippen molar-refractivity contribution in [3.63, 3.8) is 0 Å². The number of nitrogen functional groups attached to an aromatic ring is 1. The van der Waals surface area contributed by atoms with E-state index in [0.717, 1.165) is 21.2 Å². The third-order valence-corrected chi connectivity index (χ3v) is 3.64. The van der Waals surface area contributed by atoms with Crippen molar-refractivity contribution in [1.82, 2.24) is 4.98 Å². The van der Waals surface area contributed by atoms with E-state index in [4.69, 9.17) is 17.4 Å². The average molecular weight is 266 g/mol. The predicted octanol–water partition coefficient (Wildman–Crippen LogP) is 3.31. The van der Waals surface area contributed by atoms with Gasteiger partial charge >= 0.3 is 0 Å². The van der Waals surface area contributed by atoms with Crippen molar-refractivity contribution in [2.24, 2.45) is 5.84 Å². The summed E-state index contributed by atoms with van der Waals surface area (Å²) in [6, 6.07) is 11.7. The van der Waals surface area contributed by atoms with Crippen LogP contribution in [-0.4, -0.2) is 4.98 Å². The van der Waals surface area contributed by atoms with Crippen LogP contribution < -0.4 is 11.3 Å². The van der Waals surface area contributed by atoms with Gasteiger partial charge in [-0.3, -0.25) is 0 Å². The number of nitrogens with one attached hydrogen (secondary N) is 1. The maximum Gasteiger partial charge on any atom is 0.140 e. The van der Waals surface area contributed by atoms with Gasteiger partial charge in [-0.1, -0.05) is 29.8 Å². The fourth-order valence-electron chi connectivity index (χ4n) is 1.36. The van der Waals surface area contributed by atoms with E-state index in [-0.39, 0.29) is 0 Å². The Kier molecular flexibility index (Phi) is 4.25. The summed E-state index contributed by atoms with van der Waals surface area (Å²) in [5.41, 5.74) is 3.65. The van der Waals surface area contributed by atoms with Crippen LogP contribution in [0.4, 0.5) is 5.82 Å². The molecule has 0 amide bonds. The zero-order valence-electron chi connectivity index (χ0n) is 9.06. The quantitative estimate of drug-likeness (QED) is 0.506. The van der Waals surface area contributed by atoms with Crippen LogP contribution in [0, 0.1) is 0 Å². The highest BCUT2D eigenvalue weighted by atomic mass is 35.5. The second-order valence-corrected chi connectivity index (χ2v) is 4.86. The summed E-state index contributed by atoms with van der Waals surface area (Å²) in [6.07, 6.45) is 1.73. The molecule has 1 heterocycles. The van der Waals surface area contributed by atoms with E-state index in [1.54, 1.807) is 18.0 Å². The molecule has 0 spiro atoms. The minimum atomic E-state index is 0.661. The number of nitrogens with zero attached hydrogens (tertiary/aromatic N) is 1. The van der Waals surface area contributed by atoms with Gasteiger partial charge in [0.2, 0.25) is 0 Å². The minimum absolute atomic E-state index is 0.661. The highest BCUT2D eigenvalue weighted by Gasteiger charge is 2.01. The summed E-state index contributed by atoms with van der Waals surface area (Å²) in [5.74, 6) is 6.80. The zero-order chi connectivity index (χ0) is 12.1. The first-order valence-corrected chi connectivity index (χ1v) is 6.45. The first-order chi connectivity index (χ1) is 8.29. The normalized spacial score (nSPS) is 10.2. The van der Waals surface area contributed by atoms with Gasteiger partial charge in [0.25, 0.3) is 0 Å². The number of hydrogen-bond acceptors (Lipinski definition) is 4. The van der Waals surface area contributed by atoms with Crippen molar-refractivity contribution in [2.45, 2.75) is 10.6 Å². The maximum absolute atomic E-state index is 6.09. The summed E-state index contributed by atoms with van der Waals surface area (Å²) >= 11 is 7.79. The van der Waals surface area contributed by atoms with Gasteiger partial charge in [0.15, 0.2) is 0 Å². The van der Waals surface area contributed by atoms with Crippen molar-refractivity contribution in [1.29, 1.82) is 0 Å². The summed E-state index contributed by atoms with van der Waals surface area (Å²) < 4.78 is 0. The number of benzene rings is 1. The number of aromatic nitrogens is 1. The first kappa shape index (κ1) is 12.2. The molecule has 0 aliphatic heterocycles. The molecule has 0 unspecified atom stereocenters. The molecule has 1 aromatic heterocycles. The Morgan fingerprint density at radius 3 is 2.88 bits per heavy atom. The summed E-state index contributed by atoms with van der Waals surface area (Å²) in [5, 5.41) is 0.797. The van der Waals surface area contributed by atoms with E-state index in [2.05, 4.69) is 10.4 Å². The lowest BCUT2D eigenvalue weighted by Gasteiger charge is -2.05. The Bertz CT molecular complexity index is 505. The molecule has 0 saturated heterocycles. The Balaban J connectivity index is 2.05. The number of nitrogens with two attached hydrogens (primary N) is 1. The molecule has 5 heteroatoms. The van der Waals surface area contributed by atoms with E-state index < -0.39 is 0 Å². The molecule has 0 radical (unpaired) electrons. The fourth-order valence-corrected chi connectivity index (χ4v) is 2.56. The fraction of sp³-hybridized carbons (Fsp3) is 0.0833. The van der Waals surface area contributed by atoms with Crippen LogP contribution in [0.2, 0.25) is 5.02 Å². The van der Waals surface area contributed by atoms with Gasteiger partial charge in [-0.25, -0.2) is 10.8 Å². The standard InChI is InChI=1S/C12H12ClN3S/c13-11-4-2-1-3-9(11)8-17-10-5-6-15-12(7-10)16-14/h1-7H,8,14H2,(H,15,16). The van der Waals surface area contributed by atoms with E-state index in [1.807, 2.05) is 36.4 Å². The number of hydrazine groups is 1. The number of halogens is 1. The molecule has 2 aromatic rings. The molecule has 0 bridgehead atoms. The van der Waals surface area contributed by atoms with Crippen LogP contribution in [0.15, 0.2) is 47.5 Å². The number of pyridine rings is 1. The van der Waals surface area contributed by atoms with E-state index in [9.17, 15) is 0 Å². The van der Waals surface area contributed by atoms with Crippen molar-refractivity contribution in [2.75, 3.05) is 5.43 Å². The first-order valence-electron chi connectivity index (χ1n) is 5.08. The molecule has 0 atom stereocenters. The SMILES string of the molecule is NNc1cc(SCc2ccccc2Cl)ccn1. The largest absolute Gasteiger partial charge is 0.308 e. The summed E-state index contributed by atoms with van der Waals surface area (Å²) in [6.45, 7) is 0. The maximum atomic E-state index is 6.09. The molecule has 2 rings (SSSR count). The second kappa shape index (κ2) is 5.91. The van der Waals surface area contributed by atoms with Crippen molar-refractivity contribution in [3.8, 4) is 0 Å². The average Bonchev–Trinajstić information content (AvgIpc) is 2.38. The molecule has 0 fully saturated rings. The summed E-state index contributed by atoms with van der Waals surface area (Å²) in [4.78, 5) is 5.16. The summed E-state index contributed by atoms with van der Waals surface area (Å²) in [7, 11) is 0. The minimum Gasteiger partial charge on any atom is -0.308 e. The molecule has 1 aromatic carbocycles. The Labute approximate surface area is 109 Å². The zero-order valence-corrected chi connectivity index (χ0v) is 10.6. The van der Waals surface area contributed by atoms with Crippen LogP contribution in [0.3, 0.4) is 0 Å². The number of rotatable bonds is 4. The number of anilines is 1. The van der Waals surface area contributed by atoms with Gasteiger partial charge < -0.3 is 5.43 Å². The lowest BCUT2D eigenvalue weighted by Crippen LogP contribution is -2.07. The van der Waals surface area contributed by atoms with Gasteiger partial charge in [0, 0.05) is 21.9 Å². The third kappa shape index (κ3) is 3.36. The van der Waals surface area contributed by atoms with Crippen LogP contribution in [0.5, 0.6) is 0 Å². The number of hydrogen-bond donors (Lipinski definition) is 2. The van der Waals surface area contributed by atoms with Gasteiger partial charge in [-0.15, -0.1) is 11.8 Å². The number of thioether (sulfide) groups is 1. The van der Waals surface area contributed by atoms with Crippen LogP contribution >= 0.6 is 23.4 Å². The van der Waals surface area contributed by atoms with E-state index in [0.29, 0.717) is 5.82 Å². The van der Waals surface area contributed by atoms with E-state index in [1.165, 1.54) is 0 Å². The third-order valence-electron chi connectivity index (χ3n) is 2.23. The second-order valence-electron chi connectivity index (χ2n) is 3.40. The highest BCUT2D eigenvalue weighted by Crippen LogP contribution is 2.27. The monoisotopic (exact) mass is 265 g/mol. The molecular formula is C12H12ClN3S. The van der Waals surface area contributed by atoms with Crippen LogP contribution in [0.1, 0.15) is 5.56 Å². The molecular weight excluding hydrogens is 254 g/mol. The molecule has 3 N–H and O–H groups in total. The Morgan fingerprint density at radius 2 is 2.12 bits per heavy atom. The molecule has 3 nitrogen and oxygen atoms in total. The Hall–Kier alpha value is -1.23. The molecule has 17 heavy (non-hydrogen) atoms. The van der Waals surface area contributed by atoms with E-state index >= 15 is 0 Å². The van der Waals surface area contributed by atoms with Crippen molar-refractivity contribution < 1.29 is 0 Å². The van der Waals surface area contributed by atoms with Gasteiger partial charge in [0.1, 0.15) is 5.82 Å². The van der Waals surface area contributed by atoms with Crippen molar-refractivity contribution in [3.05, 3.63) is 53.2 Å². The van der Waals surface area contributed by atoms with Crippen LogP contribution in [-0.2, 0) is 5.75 Å². The van der Waals surface area contributed by atoms with Crippen molar-refractivity contribution >= 4 is 29.2 Å². The molecule has 0 saturated carbocycles. The van der Waals surface area contributed by atoms with Gasteiger partial charge in [0.05, 0.1) is 0 Å².